The lowest BCUT2D eigenvalue weighted by molar-refractivity contribution is -0.144. The van der Waals surface area contributed by atoms with E-state index in [9.17, 15) is 28.8 Å². The van der Waals surface area contributed by atoms with Gasteiger partial charge in [0.25, 0.3) is 5.91 Å². The third kappa shape index (κ3) is 9.09. The molecule has 45 heavy (non-hydrogen) atoms. The van der Waals surface area contributed by atoms with Crippen molar-refractivity contribution in [2.75, 3.05) is 13.1 Å². The SMILES string of the molecule is CCN(C(=O)[C@@H](NC(=O)c1cnc(C)o1)C(C)(C)C)[C@@H](CC(C)C)C(=O)NC(CC1CCNC1=O)C(=O)C(=O)c1ccccc1. The van der Waals surface area contributed by atoms with Crippen molar-refractivity contribution in [2.24, 2.45) is 17.3 Å². The van der Waals surface area contributed by atoms with Gasteiger partial charge in [-0.2, -0.15) is 0 Å². The number of rotatable bonds is 14. The van der Waals surface area contributed by atoms with E-state index >= 15 is 0 Å². The second-order valence-corrected chi connectivity index (χ2v) is 12.9. The van der Waals surface area contributed by atoms with Gasteiger partial charge in [0.05, 0.1) is 12.2 Å². The summed E-state index contributed by atoms with van der Waals surface area (Å²) in [6.07, 6.45) is 1.93. The molecule has 1 aromatic heterocycles. The van der Waals surface area contributed by atoms with Crippen molar-refractivity contribution < 1.29 is 33.2 Å². The number of likely N-dealkylation sites (N-methyl/N-ethyl adjacent to an activating group) is 1. The summed E-state index contributed by atoms with van der Waals surface area (Å²) in [7, 11) is 0. The van der Waals surface area contributed by atoms with Gasteiger partial charge in [-0.15, -0.1) is 0 Å². The molecule has 12 heteroatoms. The predicted octanol–water partition coefficient (Wildman–Crippen LogP) is 2.85. The zero-order valence-corrected chi connectivity index (χ0v) is 27.1. The Morgan fingerprint density at radius 1 is 1.09 bits per heavy atom. The lowest BCUT2D eigenvalue weighted by Gasteiger charge is -2.38. The molecule has 2 heterocycles. The second kappa shape index (κ2) is 15.1. The van der Waals surface area contributed by atoms with Crippen LogP contribution in [0.3, 0.4) is 0 Å². The highest BCUT2D eigenvalue weighted by Crippen LogP contribution is 2.25. The maximum Gasteiger partial charge on any atom is 0.289 e. The van der Waals surface area contributed by atoms with Crippen LogP contribution in [-0.2, 0) is 19.2 Å². The number of Topliss-reactive ketones (excluding diaryl/α,β-unsaturated/α-hetero) is 2. The van der Waals surface area contributed by atoms with Crippen LogP contribution in [-0.4, -0.2) is 76.3 Å². The molecule has 0 bridgehead atoms. The fraction of sp³-hybridized carbons (Fsp3) is 0.545. The number of ketones is 2. The van der Waals surface area contributed by atoms with Gasteiger partial charge in [0.15, 0.2) is 5.89 Å². The van der Waals surface area contributed by atoms with E-state index in [1.165, 1.54) is 23.2 Å². The summed E-state index contributed by atoms with van der Waals surface area (Å²) in [4.78, 5) is 85.7. The Balaban J connectivity index is 1.92. The first-order valence-corrected chi connectivity index (χ1v) is 15.4. The molecule has 12 nitrogen and oxygen atoms in total. The van der Waals surface area contributed by atoms with Crippen LogP contribution in [0.5, 0.6) is 0 Å². The van der Waals surface area contributed by atoms with E-state index in [4.69, 9.17) is 4.42 Å². The quantitative estimate of drug-likeness (QED) is 0.213. The van der Waals surface area contributed by atoms with Crippen LogP contribution in [0.2, 0.25) is 0 Å². The minimum atomic E-state index is -1.28. The third-order valence-electron chi connectivity index (χ3n) is 7.81. The number of hydrogen-bond acceptors (Lipinski definition) is 8. The van der Waals surface area contributed by atoms with Crippen LogP contribution in [0, 0.1) is 24.2 Å². The topological polar surface area (TPSA) is 168 Å². The number of aryl methyl sites for hydroxylation is 1. The Labute approximate surface area is 264 Å². The molecule has 3 rings (SSSR count). The molecule has 3 N–H and O–H groups in total. The standard InChI is InChI=1S/C33H45N5O7/c1-8-38(32(44)28(33(5,6)7)37-31(43)25-18-35-20(4)45-25)24(16-19(2)3)30(42)36-23(17-22-14-15-34-29(22)41)27(40)26(39)21-12-10-9-11-13-21/h9-13,18-19,22-24,28H,8,14-17H2,1-7H3,(H,34,41)(H,36,42)(H,37,43)/t22?,23?,24-,28+/m0/s1. The minimum absolute atomic E-state index is 0.0387. The van der Waals surface area contributed by atoms with Crippen LogP contribution >= 0.6 is 0 Å². The van der Waals surface area contributed by atoms with Crippen LogP contribution in [0.15, 0.2) is 40.9 Å². The van der Waals surface area contributed by atoms with Gasteiger partial charge in [-0.25, -0.2) is 4.98 Å². The predicted molar refractivity (Wildman–Crippen MR) is 166 cm³/mol. The van der Waals surface area contributed by atoms with Gasteiger partial charge in [0, 0.05) is 31.5 Å². The average molecular weight is 624 g/mol. The summed E-state index contributed by atoms with van der Waals surface area (Å²) < 4.78 is 5.34. The molecule has 1 fully saturated rings. The van der Waals surface area contributed by atoms with Gasteiger partial charge in [0.1, 0.15) is 12.1 Å². The Morgan fingerprint density at radius 2 is 1.76 bits per heavy atom. The third-order valence-corrected chi connectivity index (χ3v) is 7.81. The van der Waals surface area contributed by atoms with E-state index in [1.54, 1.807) is 52.8 Å². The normalized spacial score (nSPS) is 16.8. The summed E-state index contributed by atoms with van der Waals surface area (Å²) in [6.45, 7) is 13.1. The van der Waals surface area contributed by atoms with Crippen molar-refractivity contribution >= 4 is 35.2 Å². The van der Waals surface area contributed by atoms with Gasteiger partial charge in [0.2, 0.25) is 35.0 Å². The molecule has 1 aromatic carbocycles. The average Bonchev–Trinajstić information content (AvgIpc) is 3.61. The molecule has 0 saturated carbocycles. The molecule has 2 unspecified atom stereocenters. The number of carbonyl (C=O) groups is 6. The maximum atomic E-state index is 14.2. The van der Waals surface area contributed by atoms with Crippen LogP contribution in [0.4, 0.5) is 0 Å². The summed E-state index contributed by atoms with van der Waals surface area (Å²) in [6, 6.07) is 4.66. The largest absolute Gasteiger partial charge is 0.436 e. The van der Waals surface area contributed by atoms with Crippen LogP contribution in [0.1, 0.15) is 87.6 Å². The second-order valence-electron chi connectivity index (χ2n) is 12.9. The molecule has 0 spiro atoms. The molecule has 2 aromatic rings. The van der Waals surface area contributed by atoms with E-state index in [2.05, 4.69) is 20.9 Å². The molecule has 1 aliphatic rings. The highest BCUT2D eigenvalue weighted by Gasteiger charge is 2.42. The summed E-state index contributed by atoms with van der Waals surface area (Å²) in [5.41, 5.74) is -0.586. The minimum Gasteiger partial charge on any atom is -0.436 e. The molecule has 244 valence electrons. The van der Waals surface area contributed by atoms with Crippen molar-refractivity contribution in [3.63, 3.8) is 0 Å². The lowest BCUT2D eigenvalue weighted by Crippen LogP contribution is -2.60. The number of nitrogens with zero attached hydrogens (tertiary/aromatic N) is 2. The molecular weight excluding hydrogens is 578 g/mol. The van der Waals surface area contributed by atoms with Crippen molar-refractivity contribution in [1.82, 2.24) is 25.8 Å². The zero-order chi connectivity index (χ0) is 33.5. The van der Waals surface area contributed by atoms with E-state index in [0.29, 0.717) is 18.9 Å². The highest BCUT2D eigenvalue weighted by atomic mass is 16.4. The van der Waals surface area contributed by atoms with Crippen LogP contribution < -0.4 is 16.0 Å². The van der Waals surface area contributed by atoms with Crippen LogP contribution in [0.25, 0.3) is 0 Å². The molecule has 0 radical (unpaired) electrons. The summed E-state index contributed by atoms with van der Waals surface area (Å²) in [5.74, 6) is -3.94. The molecule has 1 aliphatic heterocycles. The number of amides is 4. The summed E-state index contributed by atoms with van der Waals surface area (Å²) in [5, 5.41) is 8.23. The van der Waals surface area contributed by atoms with Crippen molar-refractivity contribution in [2.45, 2.75) is 85.9 Å². The molecule has 4 amide bonds. The van der Waals surface area contributed by atoms with E-state index in [-0.39, 0.29) is 42.5 Å². The highest BCUT2D eigenvalue weighted by molar-refractivity contribution is 6.45. The van der Waals surface area contributed by atoms with Crippen molar-refractivity contribution in [3.05, 3.63) is 53.7 Å². The Hall–Kier alpha value is -4.35. The smallest absolute Gasteiger partial charge is 0.289 e. The fourth-order valence-electron chi connectivity index (χ4n) is 5.38. The fourth-order valence-corrected chi connectivity index (χ4v) is 5.38. The Bertz CT molecular complexity index is 1400. The first-order valence-electron chi connectivity index (χ1n) is 15.4. The maximum absolute atomic E-state index is 14.2. The van der Waals surface area contributed by atoms with E-state index < -0.39 is 58.7 Å². The number of aromatic nitrogens is 1. The number of carbonyl (C=O) groups excluding carboxylic acids is 6. The van der Waals surface area contributed by atoms with Gasteiger partial charge >= 0.3 is 0 Å². The molecule has 1 saturated heterocycles. The van der Waals surface area contributed by atoms with Gasteiger partial charge in [-0.05, 0) is 37.5 Å². The first kappa shape index (κ1) is 35.1. The Kier molecular flexibility index (Phi) is 11.8. The number of hydrogen-bond donors (Lipinski definition) is 3. The summed E-state index contributed by atoms with van der Waals surface area (Å²) >= 11 is 0. The van der Waals surface area contributed by atoms with Gasteiger partial charge in [-0.1, -0.05) is 65.0 Å². The van der Waals surface area contributed by atoms with Gasteiger partial charge in [-0.3, -0.25) is 28.8 Å². The van der Waals surface area contributed by atoms with E-state index in [0.717, 1.165) is 0 Å². The van der Waals surface area contributed by atoms with Crippen molar-refractivity contribution in [1.29, 1.82) is 0 Å². The molecule has 4 atom stereocenters. The van der Waals surface area contributed by atoms with Crippen molar-refractivity contribution in [3.8, 4) is 0 Å². The lowest BCUT2D eigenvalue weighted by atomic mass is 9.85. The number of benzene rings is 1. The van der Waals surface area contributed by atoms with E-state index in [1.807, 2.05) is 13.8 Å². The first-order chi connectivity index (χ1) is 21.1. The zero-order valence-electron chi connectivity index (χ0n) is 27.1. The number of nitrogens with one attached hydrogen (secondary N) is 3. The monoisotopic (exact) mass is 623 g/mol. The molecular formula is C33H45N5O7. The Morgan fingerprint density at radius 3 is 2.27 bits per heavy atom. The molecule has 0 aliphatic carbocycles. The van der Waals surface area contributed by atoms with Gasteiger partial charge < -0.3 is 25.3 Å². The number of oxazole rings is 1.